The lowest BCUT2D eigenvalue weighted by Crippen LogP contribution is -2.27. The van der Waals surface area contributed by atoms with Crippen LogP contribution in [-0.4, -0.2) is 36.9 Å². The van der Waals surface area contributed by atoms with Gasteiger partial charge in [0.2, 0.25) is 5.91 Å². The van der Waals surface area contributed by atoms with Gasteiger partial charge in [-0.1, -0.05) is 23.5 Å². The van der Waals surface area contributed by atoms with Gasteiger partial charge < -0.3 is 9.47 Å². The van der Waals surface area contributed by atoms with Gasteiger partial charge in [0.1, 0.15) is 13.2 Å². The third kappa shape index (κ3) is 3.43. The summed E-state index contributed by atoms with van der Waals surface area (Å²) in [4.78, 5) is 19.6. The van der Waals surface area contributed by atoms with Crippen LogP contribution in [0.1, 0.15) is 0 Å². The second-order valence-corrected chi connectivity index (χ2v) is 7.57. The van der Waals surface area contributed by atoms with Crippen LogP contribution in [0.5, 0.6) is 11.5 Å². The van der Waals surface area contributed by atoms with E-state index in [1.54, 1.807) is 11.9 Å². The van der Waals surface area contributed by atoms with E-state index < -0.39 is 0 Å². The number of thioether (sulfide) groups is 1. The van der Waals surface area contributed by atoms with Gasteiger partial charge in [0.15, 0.2) is 16.6 Å². The highest BCUT2D eigenvalue weighted by molar-refractivity contribution is 8.00. The molecule has 0 aliphatic carbocycles. The summed E-state index contributed by atoms with van der Waals surface area (Å²) in [6, 6.07) is 13.7. The Labute approximate surface area is 153 Å². The van der Waals surface area contributed by atoms with Crippen LogP contribution in [-0.2, 0) is 4.79 Å². The summed E-state index contributed by atoms with van der Waals surface area (Å²) in [5.74, 6) is 1.85. The average molecular weight is 372 g/mol. The molecule has 5 nitrogen and oxygen atoms in total. The van der Waals surface area contributed by atoms with Crippen molar-refractivity contribution in [2.24, 2.45) is 0 Å². The molecule has 0 fully saturated rings. The molecule has 1 aliphatic rings. The Morgan fingerprint density at radius 1 is 1.20 bits per heavy atom. The number of nitrogens with zero attached hydrogens (tertiary/aromatic N) is 2. The van der Waals surface area contributed by atoms with Crippen molar-refractivity contribution in [2.75, 3.05) is 30.9 Å². The van der Waals surface area contributed by atoms with E-state index in [-0.39, 0.29) is 5.91 Å². The monoisotopic (exact) mass is 372 g/mol. The van der Waals surface area contributed by atoms with Crippen molar-refractivity contribution < 1.29 is 14.3 Å². The number of carbonyl (C=O) groups excluding carboxylic acids is 1. The maximum absolute atomic E-state index is 12.5. The lowest BCUT2D eigenvalue weighted by molar-refractivity contribution is -0.115. The molecule has 1 aliphatic heterocycles. The minimum absolute atomic E-state index is 0.0129. The zero-order valence-corrected chi connectivity index (χ0v) is 15.2. The first kappa shape index (κ1) is 16.2. The van der Waals surface area contributed by atoms with Crippen molar-refractivity contribution in [2.45, 2.75) is 4.90 Å². The molecule has 0 unspecified atom stereocenters. The second kappa shape index (κ2) is 6.93. The molecular formula is C18H16N2O3S2. The molecule has 0 spiro atoms. The number of hydrogen-bond acceptors (Lipinski definition) is 6. The van der Waals surface area contributed by atoms with Gasteiger partial charge in [0.25, 0.3) is 0 Å². The van der Waals surface area contributed by atoms with Crippen LogP contribution < -0.4 is 14.4 Å². The van der Waals surface area contributed by atoms with Crippen LogP contribution in [0.25, 0.3) is 10.2 Å². The first-order chi connectivity index (χ1) is 12.2. The van der Waals surface area contributed by atoms with Crippen molar-refractivity contribution in [3.05, 3.63) is 42.5 Å². The summed E-state index contributed by atoms with van der Waals surface area (Å²) in [6.45, 7) is 1.13. The summed E-state index contributed by atoms with van der Waals surface area (Å²) in [7, 11) is 1.77. The largest absolute Gasteiger partial charge is 0.486 e. The fraction of sp³-hybridized carbons (Fsp3) is 0.222. The summed E-state index contributed by atoms with van der Waals surface area (Å²) >= 11 is 3.00. The van der Waals surface area contributed by atoms with Gasteiger partial charge in [-0.2, -0.15) is 0 Å². The van der Waals surface area contributed by atoms with Gasteiger partial charge in [-0.15, -0.1) is 11.8 Å². The number of thiazole rings is 1. The highest BCUT2D eigenvalue weighted by Crippen LogP contribution is 2.34. The molecule has 2 aromatic carbocycles. The highest BCUT2D eigenvalue weighted by atomic mass is 32.2. The number of amides is 1. The number of para-hydroxylation sites is 1. The lowest BCUT2D eigenvalue weighted by atomic mass is 10.3. The van der Waals surface area contributed by atoms with Crippen molar-refractivity contribution in [3.63, 3.8) is 0 Å². The summed E-state index contributed by atoms with van der Waals surface area (Å²) in [5.41, 5.74) is 0.918. The van der Waals surface area contributed by atoms with Crippen LogP contribution in [0.4, 0.5) is 5.13 Å². The molecule has 25 heavy (non-hydrogen) atoms. The van der Waals surface area contributed by atoms with Gasteiger partial charge in [-0.3, -0.25) is 9.69 Å². The van der Waals surface area contributed by atoms with Crippen molar-refractivity contribution in [3.8, 4) is 11.5 Å². The lowest BCUT2D eigenvalue weighted by Gasteiger charge is -2.19. The fourth-order valence-electron chi connectivity index (χ4n) is 2.47. The van der Waals surface area contributed by atoms with Crippen molar-refractivity contribution in [1.29, 1.82) is 0 Å². The molecule has 0 atom stereocenters. The molecule has 7 heteroatoms. The van der Waals surface area contributed by atoms with Gasteiger partial charge in [0, 0.05) is 11.9 Å². The molecule has 2 heterocycles. The summed E-state index contributed by atoms with van der Waals surface area (Å²) < 4.78 is 12.2. The molecular weight excluding hydrogens is 356 g/mol. The van der Waals surface area contributed by atoms with E-state index in [1.165, 1.54) is 23.1 Å². The number of rotatable bonds is 4. The number of fused-ring (bicyclic) bond motifs is 2. The van der Waals surface area contributed by atoms with E-state index >= 15 is 0 Å². The Bertz CT molecular complexity index is 893. The normalized spacial score (nSPS) is 13.0. The fourth-order valence-corrected chi connectivity index (χ4v) is 4.25. The molecule has 0 radical (unpaired) electrons. The zero-order chi connectivity index (χ0) is 17.2. The average Bonchev–Trinajstić information content (AvgIpc) is 3.09. The number of carbonyl (C=O) groups is 1. The van der Waals surface area contributed by atoms with Crippen LogP contribution in [0.15, 0.2) is 47.4 Å². The van der Waals surface area contributed by atoms with E-state index in [4.69, 9.17) is 9.47 Å². The molecule has 0 saturated heterocycles. The predicted molar refractivity (Wildman–Crippen MR) is 101 cm³/mol. The Morgan fingerprint density at radius 2 is 2.00 bits per heavy atom. The van der Waals surface area contributed by atoms with Crippen LogP contribution in [0, 0.1) is 0 Å². The van der Waals surface area contributed by atoms with Gasteiger partial charge in [-0.25, -0.2) is 4.98 Å². The van der Waals surface area contributed by atoms with Gasteiger partial charge in [-0.05, 0) is 30.3 Å². The zero-order valence-electron chi connectivity index (χ0n) is 13.6. The summed E-state index contributed by atoms with van der Waals surface area (Å²) in [6.07, 6.45) is 0. The van der Waals surface area contributed by atoms with E-state index in [0.29, 0.717) is 24.1 Å². The second-order valence-electron chi connectivity index (χ2n) is 5.51. The molecule has 1 aromatic heterocycles. The molecule has 4 rings (SSSR count). The SMILES string of the molecule is CN(C(=O)CSc1ccc2c(c1)OCCO2)c1nc2ccccc2s1. The predicted octanol–water partition coefficient (Wildman–Crippen LogP) is 3.82. The number of aromatic nitrogens is 1. The number of anilines is 1. The third-order valence-corrected chi connectivity index (χ3v) is 5.91. The van der Waals surface area contributed by atoms with Crippen LogP contribution in [0.2, 0.25) is 0 Å². The molecule has 1 amide bonds. The first-order valence-corrected chi connectivity index (χ1v) is 9.65. The first-order valence-electron chi connectivity index (χ1n) is 7.85. The molecule has 0 bridgehead atoms. The standard InChI is InChI=1S/C18H16N2O3S2/c1-20(18-19-13-4-2-3-5-16(13)25-18)17(21)11-24-12-6-7-14-15(10-12)23-9-8-22-14/h2-7,10H,8-9,11H2,1H3. The van der Waals surface area contributed by atoms with E-state index in [1.807, 2.05) is 42.5 Å². The van der Waals surface area contributed by atoms with E-state index in [2.05, 4.69) is 4.98 Å². The Hall–Kier alpha value is -2.25. The van der Waals surface area contributed by atoms with Crippen LogP contribution >= 0.6 is 23.1 Å². The maximum Gasteiger partial charge on any atom is 0.238 e. The van der Waals surface area contributed by atoms with Gasteiger partial charge >= 0.3 is 0 Å². The molecule has 3 aromatic rings. The number of ether oxygens (including phenoxy) is 2. The number of hydrogen-bond donors (Lipinski definition) is 0. The Balaban J connectivity index is 1.43. The topological polar surface area (TPSA) is 51.7 Å². The Morgan fingerprint density at radius 3 is 2.84 bits per heavy atom. The quantitative estimate of drug-likeness (QED) is 0.652. The van der Waals surface area contributed by atoms with Crippen molar-refractivity contribution in [1.82, 2.24) is 4.98 Å². The highest BCUT2D eigenvalue weighted by Gasteiger charge is 2.17. The van der Waals surface area contributed by atoms with E-state index in [9.17, 15) is 4.79 Å². The summed E-state index contributed by atoms with van der Waals surface area (Å²) in [5, 5.41) is 0.717. The van der Waals surface area contributed by atoms with Crippen LogP contribution in [0.3, 0.4) is 0 Å². The van der Waals surface area contributed by atoms with E-state index in [0.717, 1.165) is 26.6 Å². The smallest absolute Gasteiger partial charge is 0.238 e. The molecule has 128 valence electrons. The molecule has 0 N–H and O–H groups in total. The Kier molecular flexibility index (Phi) is 4.50. The number of benzene rings is 2. The third-order valence-electron chi connectivity index (χ3n) is 3.82. The molecule has 0 saturated carbocycles. The minimum atomic E-state index is 0.0129. The van der Waals surface area contributed by atoms with Crippen molar-refractivity contribution >= 4 is 44.4 Å². The van der Waals surface area contributed by atoms with Gasteiger partial charge in [0.05, 0.1) is 16.0 Å². The minimum Gasteiger partial charge on any atom is -0.486 e. The maximum atomic E-state index is 12.5.